The van der Waals surface area contributed by atoms with Gasteiger partial charge in [-0.25, -0.2) is 0 Å². The van der Waals surface area contributed by atoms with Gasteiger partial charge in [-0.05, 0) is 45.6 Å². The number of aliphatic hydroxyl groups excluding tert-OH is 1. The summed E-state index contributed by atoms with van der Waals surface area (Å²) >= 11 is 0. The van der Waals surface area contributed by atoms with E-state index in [-0.39, 0.29) is 18.1 Å². The van der Waals surface area contributed by atoms with Gasteiger partial charge in [-0.2, -0.15) is 0 Å². The minimum absolute atomic E-state index is 0.133. The van der Waals surface area contributed by atoms with Crippen molar-refractivity contribution < 1.29 is 9.90 Å². The van der Waals surface area contributed by atoms with E-state index in [1.54, 1.807) is 0 Å². The van der Waals surface area contributed by atoms with Crippen molar-refractivity contribution in [3.8, 4) is 0 Å². The van der Waals surface area contributed by atoms with Crippen LogP contribution in [0.25, 0.3) is 0 Å². The van der Waals surface area contributed by atoms with Crippen molar-refractivity contribution in [3.63, 3.8) is 0 Å². The largest absolute Gasteiger partial charge is 0.393 e. The number of rotatable bonds is 4. The first-order chi connectivity index (χ1) is 9.08. The summed E-state index contributed by atoms with van der Waals surface area (Å²) in [6.07, 6.45) is 5.56. The Labute approximate surface area is 115 Å². The predicted molar refractivity (Wildman–Crippen MR) is 74.4 cm³/mol. The Kier molecular flexibility index (Phi) is 5.19. The Bertz CT molecular complexity index is 303. The third-order valence-electron chi connectivity index (χ3n) is 4.40. The lowest BCUT2D eigenvalue weighted by molar-refractivity contribution is -0.124. The lowest BCUT2D eigenvalue weighted by Crippen LogP contribution is -2.53. The second-order valence-corrected chi connectivity index (χ2v) is 5.84. The fraction of sp³-hybridized carbons (Fsp3) is 0.857. The maximum absolute atomic E-state index is 11.5. The summed E-state index contributed by atoms with van der Waals surface area (Å²) in [6, 6.07) is 0.277. The van der Waals surface area contributed by atoms with E-state index < -0.39 is 0 Å². The minimum Gasteiger partial charge on any atom is -0.393 e. The van der Waals surface area contributed by atoms with Crippen LogP contribution in [0.4, 0.5) is 0 Å². The molecule has 2 aliphatic heterocycles. The van der Waals surface area contributed by atoms with Crippen LogP contribution in [0.3, 0.4) is 0 Å². The summed E-state index contributed by atoms with van der Waals surface area (Å²) in [4.78, 5) is 16.1. The van der Waals surface area contributed by atoms with Crippen LogP contribution in [0, 0.1) is 6.42 Å². The fourth-order valence-electron chi connectivity index (χ4n) is 3.13. The third-order valence-corrected chi connectivity index (χ3v) is 4.40. The van der Waals surface area contributed by atoms with Gasteiger partial charge in [0, 0.05) is 25.7 Å². The predicted octanol–water partition coefficient (Wildman–Crippen LogP) is -0.0144. The number of likely N-dealkylation sites (tertiary alicyclic amines) is 2. The van der Waals surface area contributed by atoms with E-state index in [0.29, 0.717) is 6.04 Å². The zero-order chi connectivity index (χ0) is 13.8. The summed E-state index contributed by atoms with van der Waals surface area (Å²) < 4.78 is 0. The number of nitrogens with two attached hydrogens (primary N) is 1. The van der Waals surface area contributed by atoms with Crippen molar-refractivity contribution in [2.24, 2.45) is 5.73 Å². The quantitative estimate of drug-likeness (QED) is 0.752. The second-order valence-electron chi connectivity index (χ2n) is 5.84. The highest BCUT2D eigenvalue weighted by Crippen LogP contribution is 2.19. The summed E-state index contributed by atoms with van der Waals surface area (Å²) in [5.41, 5.74) is 5.48. The van der Waals surface area contributed by atoms with E-state index in [2.05, 4.69) is 23.1 Å². The van der Waals surface area contributed by atoms with E-state index in [4.69, 9.17) is 5.73 Å². The maximum atomic E-state index is 11.5. The molecular formula is C14H26N3O2. The molecule has 109 valence electrons. The van der Waals surface area contributed by atoms with Crippen molar-refractivity contribution in [1.29, 1.82) is 0 Å². The van der Waals surface area contributed by atoms with Crippen molar-refractivity contribution in [3.05, 3.63) is 6.42 Å². The van der Waals surface area contributed by atoms with Gasteiger partial charge in [-0.15, -0.1) is 0 Å². The normalized spacial score (nSPS) is 29.3. The maximum Gasteiger partial charge on any atom is 0.234 e. The number of primary amides is 1. The molecule has 2 saturated heterocycles. The molecule has 2 fully saturated rings. The molecule has 0 aliphatic carbocycles. The highest BCUT2D eigenvalue weighted by molar-refractivity contribution is 5.80. The minimum atomic E-state index is -0.211. The van der Waals surface area contributed by atoms with Gasteiger partial charge >= 0.3 is 0 Å². The first-order valence-corrected chi connectivity index (χ1v) is 7.35. The molecule has 1 unspecified atom stereocenters. The van der Waals surface area contributed by atoms with Crippen LogP contribution in [0.2, 0.25) is 0 Å². The van der Waals surface area contributed by atoms with Crippen LogP contribution in [0.15, 0.2) is 0 Å². The Morgan fingerprint density at radius 3 is 2.74 bits per heavy atom. The topological polar surface area (TPSA) is 69.8 Å². The Morgan fingerprint density at radius 2 is 2.11 bits per heavy atom. The van der Waals surface area contributed by atoms with E-state index in [1.807, 2.05) is 0 Å². The zero-order valence-electron chi connectivity index (χ0n) is 11.8. The van der Waals surface area contributed by atoms with Gasteiger partial charge in [0.05, 0.1) is 12.1 Å². The van der Waals surface area contributed by atoms with E-state index in [0.717, 1.165) is 51.9 Å². The molecule has 0 aromatic rings. The molecule has 1 amide bonds. The lowest BCUT2D eigenvalue weighted by Gasteiger charge is -2.40. The van der Waals surface area contributed by atoms with E-state index in [1.165, 1.54) is 0 Å². The number of nitrogens with zero attached hydrogens (tertiary/aromatic N) is 2. The fourth-order valence-corrected chi connectivity index (χ4v) is 3.13. The van der Waals surface area contributed by atoms with Crippen LogP contribution < -0.4 is 5.73 Å². The number of hydrogen-bond acceptors (Lipinski definition) is 4. The summed E-state index contributed by atoms with van der Waals surface area (Å²) in [6.45, 7) is 5.91. The Morgan fingerprint density at radius 1 is 1.42 bits per heavy atom. The molecule has 2 atom stereocenters. The van der Waals surface area contributed by atoms with Crippen LogP contribution in [-0.2, 0) is 4.79 Å². The highest BCUT2D eigenvalue weighted by atomic mass is 16.3. The number of hydrogen-bond donors (Lipinski definition) is 2. The molecule has 0 aromatic carbocycles. The Hall–Kier alpha value is -0.650. The number of amides is 1. The second kappa shape index (κ2) is 6.68. The van der Waals surface area contributed by atoms with Gasteiger partial charge in [-0.1, -0.05) is 0 Å². The summed E-state index contributed by atoms with van der Waals surface area (Å²) in [7, 11) is 0. The first-order valence-electron chi connectivity index (χ1n) is 7.35. The Balaban J connectivity index is 1.86. The monoisotopic (exact) mass is 268 g/mol. The van der Waals surface area contributed by atoms with Crippen LogP contribution in [-0.4, -0.2) is 65.2 Å². The first kappa shape index (κ1) is 14.8. The summed E-state index contributed by atoms with van der Waals surface area (Å²) in [5, 5.41) is 9.54. The molecule has 2 heterocycles. The molecule has 2 rings (SSSR count). The molecule has 0 saturated carbocycles. The molecule has 0 spiro atoms. The van der Waals surface area contributed by atoms with E-state index >= 15 is 0 Å². The van der Waals surface area contributed by atoms with Gasteiger partial charge in [0.2, 0.25) is 5.91 Å². The highest BCUT2D eigenvalue weighted by Gasteiger charge is 2.30. The smallest absolute Gasteiger partial charge is 0.234 e. The molecule has 1 radical (unpaired) electrons. The molecule has 3 N–H and O–H groups in total. The third kappa shape index (κ3) is 3.91. The molecule has 0 aromatic heterocycles. The van der Waals surface area contributed by atoms with Crippen LogP contribution in [0.1, 0.15) is 32.6 Å². The molecule has 0 bridgehead atoms. The number of aliphatic hydroxyl groups is 1. The summed E-state index contributed by atoms with van der Waals surface area (Å²) in [5.74, 6) is -0.211. The van der Waals surface area contributed by atoms with Gasteiger partial charge in [0.25, 0.3) is 0 Å². The van der Waals surface area contributed by atoms with Crippen LogP contribution in [0.5, 0.6) is 0 Å². The van der Waals surface area contributed by atoms with Crippen molar-refractivity contribution >= 4 is 5.91 Å². The van der Waals surface area contributed by atoms with Crippen molar-refractivity contribution in [2.45, 2.75) is 50.8 Å². The number of carbonyl (C=O) groups excluding carboxylic acids is 1. The lowest BCUT2D eigenvalue weighted by atomic mass is 10.00. The number of carbonyl (C=O) groups is 1. The van der Waals surface area contributed by atoms with Gasteiger partial charge in [0.15, 0.2) is 0 Å². The average Bonchev–Trinajstić information content (AvgIpc) is 2.39. The standard InChI is InChI=1S/C14H26N3O2/c1-11(16-8-5-12(18)6-9-16)10-17-7-3-2-4-13(17)14(15)19/h2,11-13,18H,3-10H2,1H3,(H2,15,19)/t11-,13?/m0/s1. The number of piperidine rings is 2. The van der Waals surface area contributed by atoms with Crippen LogP contribution >= 0.6 is 0 Å². The molecule has 19 heavy (non-hydrogen) atoms. The van der Waals surface area contributed by atoms with Crippen molar-refractivity contribution in [1.82, 2.24) is 9.80 Å². The molecule has 2 aliphatic rings. The SMILES string of the molecule is C[C@@H](CN1CC[CH]CC1C(N)=O)N1CCC(O)CC1. The molecule has 5 nitrogen and oxygen atoms in total. The van der Waals surface area contributed by atoms with Crippen molar-refractivity contribution in [2.75, 3.05) is 26.2 Å². The van der Waals surface area contributed by atoms with E-state index in [9.17, 15) is 9.90 Å². The average molecular weight is 268 g/mol. The van der Waals surface area contributed by atoms with Gasteiger partial charge < -0.3 is 10.8 Å². The molecular weight excluding hydrogens is 242 g/mol. The van der Waals surface area contributed by atoms with Gasteiger partial charge in [-0.3, -0.25) is 14.6 Å². The molecule has 5 heteroatoms. The zero-order valence-corrected chi connectivity index (χ0v) is 11.8. The van der Waals surface area contributed by atoms with Gasteiger partial charge in [0.1, 0.15) is 0 Å².